The van der Waals surface area contributed by atoms with Crippen LogP contribution in [-0.2, 0) is 27.3 Å². The molecule has 1 aromatic carbocycles. The van der Waals surface area contributed by atoms with Crippen molar-refractivity contribution in [3.8, 4) is 11.1 Å². The number of nitrogens with zero attached hydrogens (tertiary/aromatic N) is 9. The van der Waals surface area contributed by atoms with Gasteiger partial charge in [-0.3, -0.25) is 14.4 Å². The molecule has 1 saturated heterocycles. The molecule has 6 heterocycles. The first-order valence-corrected chi connectivity index (χ1v) is 25.1. The van der Waals surface area contributed by atoms with Gasteiger partial charge in [-0.15, -0.1) is 10.2 Å². The summed E-state index contributed by atoms with van der Waals surface area (Å²) in [7, 11) is 0. The predicted octanol–water partition coefficient (Wildman–Crippen LogP) is 8.92. The van der Waals surface area contributed by atoms with E-state index >= 15 is 0 Å². The maximum absolute atomic E-state index is 13.0. The van der Waals surface area contributed by atoms with Crippen LogP contribution in [-0.4, -0.2) is 114 Å². The average molecular weight is 929 g/mol. The Morgan fingerprint density at radius 3 is 2.37 bits per heavy atom. The maximum atomic E-state index is 13.0. The number of carboxylic acid groups (broad SMARTS) is 1. The quantitative estimate of drug-likeness (QED) is 0.0900. The van der Waals surface area contributed by atoms with E-state index in [1.165, 1.54) is 6.42 Å². The van der Waals surface area contributed by atoms with Gasteiger partial charge >= 0.3 is 5.97 Å². The van der Waals surface area contributed by atoms with Gasteiger partial charge in [0.1, 0.15) is 11.6 Å². The summed E-state index contributed by atoms with van der Waals surface area (Å²) in [6.07, 6.45) is 12.7. The number of Topliss-reactive ketones (excluding diaryl/α,β-unsaturated/α-hetero) is 1. The van der Waals surface area contributed by atoms with E-state index in [0.29, 0.717) is 49.0 Å². The van der Waals surface area contributed by atoms with Gasteiger partial charge in [0.05, 0.1) is 28.6 Å². The number of para-hydroxylation sites is 1. The van der Waals surface area contributed by atoms with Crippen LogP contribution in [0.1, 0.15) is 119 Å². The summed E-state index contributed by atoms with van der Waals surface area (Å²) in [6.45, 7) is 16.7. The van der Waals surface area contributed by atoms with Crippen LogP contribution in [0.2, 0.25) is 0 Å². The molecule has 11 rings (SSSR count). The van der Waals surface area contributed by atoms with Crippen LogP contribution in [0.5, 0.6) is 0 Å². The highest BCUT2D eigenvalue weighted by atomic mass is 32.1. The minimum absolute atomic E-state index is 0.00499. The molecule has 354 valence electrons. The topological polar surface area (TPSA) is 172 Å². The van der Waals surface area contributed by atoms with E-state index in [1.807, 2.05) is 53.3 Å². The number of carboxylic acids is 1. The van der Waals surface area contributed by atoms with Crippen LogP contribution in [0.15, 0.2) is 42.6 Å². The van der Waals surface area contributed by atoms with Crippen LogP contribution < -0.4 is 10.2 Å². The summed E-state index contributed by atoms with van der Waals surface area (Å²) in [5, 5.41) is 29.1. The van der Waals surface area contributed by atoms with Gasteiger partial charge < -0.3 is 29.8 Å². The van der Waals surface area contributed by atoms with Crippen molar-refractivity contribution in [1.29, 1.82) is 0 Å². The summed E-state index contributed by atoms with van der Waals surface area (Å²) >= 11 is 1.57. The molecule has 6 aliphatic rings. The molecule has 15 nitrogen and oxygen atoms in total. The minimum Gasteiger partial charge on any atom is -0.476 e. The highest BCUT2D eigenvalue weighted by molar-refractivity contribution is 7.22. The number of aromatic carboxylic acids is 1. The second-order valence-electron chi connectivity index (χ2n) is 21.4. The fourth-order valence-electron chi connectivity index (χ4n) is 13.7. The number of aromatic nitrogens is 6. The number of rotatable bonds is 16. The molecule has 67 heavy (non-hydrogen) atoms. The van der Waals surface area contributed by atoms with Crippen LogP contribution in [0.25, 0.3) is 21.3 Å². The van der Waals surface area contributed by atoms with Crippen LogP contribution in [0, 0.1) is 30.1 Å². The van der Waals surface area contributed by atoms with Crippen molar-refractivity contribution in [2.75, 3.05) is 56.1 Å². The number of carbonyl (C=O) groups excluding carboxylic acids is 2. The number of hydrogen-bond donors (Lipinski definition) is 2. The van der Waals surface area contributed by atoms with Crippen molar-refractivity contribution < 1.29 is 24.2 Å². The minimum atomic E-state index is -1.09. The van der Waals surface area contributed by atoms with Crippen molar-refractivity contribution >= 4 is 61.8 Å². The number of thiazole rings is 1. The number of nitrogens with one attached hydrogen (secondary N) is 1. The Kier molecular flexibility index (Phi) is 12.0. The molecule has 2 unspecified atom stereocenters. The Balaban J connectivity index is 0.819. The molecule has 2 aliphatic heterocycles. The number of ketones is 1. The molecule has 2 N–H and O–H groups in total. The average Bonchev–Trinajstić information content (AvgIpc) is 3.86. The standard InChI is InChI=1S/C51H64N10O5S/c1-33(62)11-6-9-15-42(63)59-21-19-58(20-22-59)23-24-66-51-29-48(4)26-49(5,30-51)28-50(27-48,31-51)32-61-35(3)38(25-52-61)37-16-17-41(54-43(37)46(64)65)60-18-10-12-36-34(2)44(56-57-45(36)60)55-47-53-39-13-7-8-14-40(39)67-47/h7-8,13-14,16-17,25H,6,9-12,15,18-24,26-32H2,1-5H3,(H,64,65)(H,53,55,56)/t48-,49+,50?,51?. The molecule has 0 spiro atoms. The van der Waals surface area contributed by atoms with E-state index in [4.69, 9.17) is 19.8 Å². The van der Waals surface area contributed by atoms with E-state index in [0.717, 1.165) is 135 Å². The number of hydrogen-bond acceptors (Lipinski definition) is 13. The monoisotopic (exact) mass is 928 g/mol. The normalized spacial score (nSPS) is 25.7. The number of carbonyl (C=O) groups is 3. The van der Waals surface area contributed by atoms with Crippen molar-refractivity contribution in [2.45, 2.75) is 124 Å². The van der Waals surface area contributed by atoms with Gasteiger partial charge in [-0.25, -0.2) is 14.8 Å². The number of benzene rings is 1. The Morgan fingerprint density at radius 1 is 0.866 bits per heavy atom. The summed E-state index contributed by atoms with van der Waals surface area (Å²) in [4.78, 5) is 53.1. The van der Waals surface area contributed by atoms with Crippen molar-refractivity contribution in [3.05, 3.63) is 65.1 Å². The number of piperazine rings is 1. The molecule has 5 aromatic rings. The zero-order valence-corrected chi connectivity index (χ0v) is 40.5. The van der Waals surface area contributed by atoms with Crippen LogP contribution in [0.4, 0.5) is 22.6 Å². The van der Waals surface area contributed by atoms with Gasteiger partial charge in [0.15, 0.2) is 22.5 Å². The fourth-order valence-corrected chi connectivity index (χ4v) is 14.6. The maximum Gasteiger partial charge on any atom is 0.355 e. The first kappa shape index (κ1) is 45.5. The van der Waals surface area contributed by atoms with Crippen LogP contribution >= 0.6 is 11.3 Å². The van der Waals surface area contributed by atoms with Crippen molar-refractivity contribution in [2.24, 2.45) is 16.2 Å². The molecule has 5 fully saturated rings. The van der Waals surface area contributed by atoms with E-state index in [-0.39, 0.29) is 39.2 Å². The second kappa shape index (κ2) is 17.6. The highest BCUT2D eigenvalue weighted by Crippen LogP contribution is 2.72. The molecule has 0 radical (unpaired) electrons. The molecule has 16 heteroatoms. The largest absolute Gasteiger partial charge is 0.476 e. The van der Waals surface area contributed by atoms with Gasteiger partial charge in [-0.2, -0.15) is 5.10 Å². The number of fused-ring (bicyclic) bond motifs is 2. The van der Waals surface area contributed by atoms with Gasteiger partial charge in [-0.1, -0.05) is 37.3 Å². The lowest BCUT2D eigenvalue weighted by Gasteiger charge is -2.69. The van der Waals surface area contributed by atoms with Gasteiger partial charge in [0.2, 0.25) is 5.91 Å². The lowest BCUT2D eigenvalue weighted by atomic mass is 9.39. The van der Waals surface area contributed by atoms with E-state index in [9.17, 15) is 19.5 Å². The number of pyridine rings is 1. The lowest BCUT2D eigenvalue weighted by molar-refractivity contribution is -0.249. The smallest absolute Gasteiger partial charge is 0.355 e. The van der Waals surface area contributed by atoms with Crippen molar-refractivity contribution in [3.63, 3.8) is 0 Å². The highest BCUT2D eigenvalue weighted by Gasteiger charge is 2.66. The second-order valence-corrected chi connectivity index (χ2v) is 22.4. The molecular weight excluding hydrogens is 865 g/mol. The number of unbranched alkanes of at least 4 members (excludes halogenated alkanes) is 1. The fraction of sp³-hybridized carbons (Fsp3) is 0.569. The molecule has 4 aliphatic carbocycles. The number of ether oxygens (including phenoxy) is 1. The molecule has 1 amide bonds. The van der Waals surface area contributed by atoms with E-state index in [1.54, 1.807) is 18.3 Å². The van der Waals surface area contributed by atoms with E-state index < -0.39 is 5.97 Å². The SMILES string of the molecule is CC(=O)CCCCC(=O)N1CCN(CCOC23CC4(Cn5ncc(-c6ccc(N7CCCc8c7nnc(Nc7nc9ccccc9s7)c8C)nc6C(=O)O)c5C)C[C@@](C)(C2)C[C@](C)(C4)C3)CC1. The molecule has 4 atom stereocenters. The Bertz CT molecular complexity index is 2670. The van der Waals surface area contributed by atoms with Gasteiger partial charge in [0, 0.05) is 86.6 Å². The zero-order valence-electron chi connectivity index (χ0n) is 39.7. The van der Waals surface area contributed by atoms with Gasteiger partial charge in [0.25, 0.3) is 0 Å². The molecule has 4 bridgehead atoms. The van der Waals surface area contributed by atoms with Crippen LogP contribution in [0.3, 0.4) is 0 Å². The summed E-state index contributed by atoms with van der Waals surface area (Å²) in [6, 6.07) is 11.8. The Labute approximate surface area is 396 Å². The predicted molar refractivity (Wildman–Crippen MR) is 259 cm³/mol. The summed E-state index contributed by atoms with van der Waals surface area (Å²) < 4.78 is 10.3. The third-order valence-electron chi connectivity index (χ3n) is 15.5. The third kappa shape index (κ3) is 9.08. The zero-order chi connectivity index (χ0) is 46.7. The molecular formula is C51H64N10O5S. The first-order valence-electron chi connectivity index (χ1n) is 24.3. The number of amides is 1. The molecule has 4 saturated carbocycles. The van der Waals surface area contributed by atoms with E-state index in [2.05, 4.69) is 51.9 Å². The Hall–Kier alpha value is -5.32. The summed E-state index contributed by atoms with van der Waals surface area (Å²) in [5.74, 6) is 1.18. The van der Waals surface area contributed by atoms with Crippen molar-refractivity contribution in [1.82, 2.24) is 39.7 Å². The summed E-state index contributed by atoms with van der Waals surface area (Å²) in [5.41, 5.74) is 5.38. The Morgan fingerprint density at radius 2 is 1.63 bits per heavy atom. The number of anilines is 4. The molecule has 4 aromatic heterocycles. The van der Waals surface area contributed by atoms with Gasteiger partial charge in [-0.05, 0) is 125 Å². The third-order valence-corrected chi connectivity index (χ3v) is 16.5. The lowest BCUT2D eigenvalue weighted by Crippen LogP contribution is -2.64. The first-order chi connectivity index (χ1) is 32.1.